The van der Waals surface area contributed by atoms with Crippen LogP contribution in [0, 0.1) is 6.92 Å². The van der Waals surface area contributed by atoms with Crippen molar-refractivity contribution in [3.63, 3.8) is 0 Å². The molecule has 0 radical (unpaired) electrons. The van der Waals surface area contributed by atoms with E-state index in [-0.39, 0.29) is 12.7 Å². The van der Waals surface area contributed by atoms with Crippen LogP contribution in [0.15, 0.2) is 0 Å². The average Bonchev–Trinajstić information content (AvgIpc) is 3.04. The van der Waals surface area contributed by atoms with Gasteiger partial charge in [-0.2, -0.15) is 0 Å². The van der Waals surface area contributed by atoms with E-state index in [2.05, 4.69) is 9.88 Å². The van der Waals surface area contributed by atoms with E-state index in [0.717, 1.165) is 52.0 Å². The van der Waals surface area contributed by atoms with E-state index < -0.39 is 17.5 Å². The number of hydrogen-bond acceptors (Lipinski definition) is 7. The number of ether oxygens (including phenoxy) is 3. The Labute approximate surface area is 191 Å². The maximum atomic E-state index is 12.6. The van der Waals surface area contributed by atoms with Gasteiger partial charge >= 0.3 is 11.9 Å². The molecule has 1 aliphatic heterocycles. The van der Waals surface area contributed by atoms with E-state index in [4.69, 9.17) is 14.2 Å². The monoisotopic (exact) mass is 452 g/mol. The highest BCUT2D eigenvalue weighted by Gasteiger charge is 2.27. The second-order valence-corrected chi connectivity index (χ2v) is 9.37. The lowest BCUT2D eigenvalue weighted by molar-refractivity contribution is 0.00621. The fourth-order valence-corrected chi connectivity index (χ4v) is 3.89. The molecular weight excluding hydrogens is 412 g/mol. The molecule has 0 aliphatic carbocycles. The summed E-state index contributed by atoms with van der Waals surface area (Å²) in [5, 5.41) is 10.3. The van der Waals surface area contributed by atoms with Crippen molar-refractivity contribution in [2.45, 2.75) is 78.4 Å². The molecule has 2 heterocycles. The smallest absolute Gasteiger partial charge is 0.355 e. The van der Waals surface area contributed by atoms with Crippen LogP contribution in [0.4, 0.5) is 0 Å². The molecule has 8 nitrogen and oxygen atoms in total. The van der Waals surface area contributed by atoms with Gasteiger partial charge in [0.2, 0.25) is 0 Å². The Kier molecular flexibility index (Phi) is 10.2. The van der Waals surface area contributed by atoms with Gasteiger partial charge in [-0.15, -0.1) is 0 Å². The number of unbranched alkanes of at least 4 members (excludes halogenated alkanes) is 2. The van der Waals surface area contributed by atoms with Crippen LogP contribution in [0.25, 0.3) is 0 Å². The third-order valence-electron chi connectivity index (χ3n) is 5.45. The molecule has 1 aromatic heterocycles. The molecule has 1 saturated heterocycles. The first kappa shape index (κ1) is 26.4. The van der Waals surface area contributed by atoms with Gasteiger partial charge in [0.05, 0.1) is 31.5 Å². The SMILES string of the molecule is CCOC(=O)c1c(CCCCC[C@@H](O)CN2CCOCC2)[nH]c(C(=O)OC(C)(C)C)c1C. The number of aromatic amines is 1. The van der Waals surface area contributed by atoms with Crippen molar-refractivity contribution in [2.24, 2.45) is 0 Å². The number of aromatic nitrogens is 1. The molecule has 182 valence electrons. The zero-order valence-electron chi connectivity index (χ0n) is 20.3. The van der Waals surface area contributed by atoms with Crippen molar-refractivity contribution in [2.75, 3.05) is 39.5 Å². The average molecular weight is 453 g/mol. The standard InChI is InChI=1S/C24H40N2O6/c1-6-31-22(28)20-17(2)21(23(29)32-24(3,4)5)25-19(20)11-9-7-8-10-18(27)16-26-12-14-30-15-13-26/h18,25,27H,6-16H2,1-5H3/t18-/m1/s1. The van der Waals surface area contributed by atoms with Crippen LogP contribution >= 0.6 is 0 Å². The molecule has 2 rings (SSSR count). The lowest BCUT2D eigenvalue weighted by Gasteiger charge is -2.28. The van der Waals surface area contributed by atoms with Gasteiger partial charge in [-0.25, -0.2) is 9.59 Å². The summed E-state index contributed by atoms with van der Waals surface area (Å²) in [6.45, 7) is 13.1. The third kappa shape index (κ3) is 8.22. The minimum atomic E-state index is -0.624. The number of esters is 2. The van der Waals surface area contributed by atoms with E-state index >= 15 is 0 Å². The number of aliphatic hydroxyl groups is 1. The van der Waals surface area contributed by atoms with Gasteiger partial charge in [0.15, 0.2) is 0 Å². The second kappa shape index (κ2) is 12.4. The van der Waals surface area contributed by atoms with Gasteiger partial charge in [0.1, 0.15) is 11.3 Å². The number of carbonyl (C=O) groups is 2. The lowest BCUT2D eigenvalue weighted by atomic mass is 10.0. The number of hydrogen-bond donors (Lipinski definition) is 2. The summed E-state index contributed by atoms with van der Waals surface area (Å²) in [6, 6.07) is 0. The molecule has 8 heteroatoms. The van der Waals surface area contributed by atoms with Crippen molar-refractivity contribution >= 4 is 11.9 Å². The van der Waals surface area contributed by atoms with Gasteiger partial charge in [-0.3, -0.25) is 4.90 Å². The molecular formula is C24H40N2O6. The van der Waals surface area contributed by atoms with E-state index in [0.29, 0.717) is 35.5 Å². The maximum absolute atomic E-state index is 12.6. The van der Waals surface area contributed by atoms with Crippen LogP contribution in [-0.2, 0) is 20.6 Å². The number of H-pyrrole nitrogens is 1. The zero-order chi connectivity index (χ0) is 23.7. The molecule has 0 bridgehead atoms. The molecule has 1 aromatic rings. The van der Waals surface area contributed by atoms with E-state index in [9.17, 15) is 14.7 Å². The van der Waals surface area contributed by atoms with E-state index in [1.807, 2.05) is 20.8 Å². The highest BCUT2D eigenvalue weighted by molar-refractivity contribution is 5.98. The van der Waals surface area contributed by atoms with Gasteiger partial charge in [-0.05, 0) is 59.4 Å². The van der Waals surface area contributed by atoms with Gasteiger partial charge < -0.3 is 24.3 Å². The fourth-order valence-electron chi connectivity index (χ4n) is 3.89. The maximum Gasteiger partial charge on any atom is 0.355 e. The van der Waals surface area contributed by atoms with Gasteiger partial charge in [0, 0.05) is 25.3 Å². The number of carbonyl (C=O) groups excluding carboxylic acids is 2. The quantitative estimate of drug-likeness (QED) is 0.393. The van der Waals surface area contributed by atoms with Crippen LogP contribution in [-0.4, -0.2) is 78.1 Å². The minimum Gasteiger partial charge on any atom is -0.462 e. The van der Waals surface area contributed by atoms with Crippen LogP contribution in [0.3, 0.4) is 0 Å². The predicted molar refractivity (Wildman–Crippen MR) is 122 cm³/mol. The fraction of sp³-hybridized carbons (Fsp3) is 0.750. The van der Waals surface area contributed by atoms with E-state index in [1.165, 1.54) is 0 Å². The molecule has 0 spiro atoms. The topological polar surface area (TPSA) is 101 Å². The number of rotatable bonds is 11. The Balaban J connectivity index is 1.92. The third-order valence-corrected chi connectivity index (χ3v) is 5.45. The highest BCUT2D eigenvalue weighted by atomic mass is 16.6. The van der Waals surface area contributed by atoms with Gasteiger partial charge in [-0.1, -0.05) is 12.8 Å². The van der Waals surface area contributed by atoms with Crippen molar-refractivity contribution < 1.29 is 28.9 Å². The Morgan fingerprint density at radius 1 is 1.16 bits per heavy atom. The summed E-state index contributed by atoms with van der Waals surface area (Å²) in [5.74, 6) is -0.898. The van der Waals surface area contributed by atoms with Crippen molar-refractivity contribution in [3.05, 3.63) is 22.5 Å². The van der Waals surface area contributed by atoms with Crippen molar-refractivity contribution in [1.29, 1.82) is 0 Å². The molecule has 0 amide bonds. The Morgan fingerprint density at radius 3 is 2.47 bits per heavy atom. The lowest BCUT2D eigenvalue weighted by Crippen LogP contribution is -2.40. The number of nitrogens with one attached hydrogen (secondary N) is 1. The van der Waals surface area contributed by atoms with E-state index in [1.54, 1.807) is 13.8 Å². The second-order valence-electron chi connectivity index (χ2n) is 9.37. The minimum absolute atomic E-state index is 0.270. The van der Waals surface area contributed by atoms with Crippen LogP contribution in [0.1, 0.15) is 85.5 Å². The highest BCUT2D eigenvalue weighted by Crippen LogP contribution is 2.24. The number of β-amino-alcohol motifs (C(OH)–C–C–N with tert-alkyl or cyclic N) is 1. The Morgan fingerprint density at radius 2 is 1.84 bits per heavy atom. The van der Waals surface area contributed by atoms with Crippen LogP contribution in [0.2, 0.25) is 0 Å². The summed E-state index contributed by atoms with van der Waals surface area (Å²) in [7, 11) is 0. The largest absolute Gasteiger partial charge is 0.462 e. The molecule has 0 unspecified atom stereocenters. The molecule has 0 saturated carbocycles. The number of nitrogens with zero attached hydrogens (tertiary/aromatic N) is 1. The van der Waals surface area contributed by atoms with Gasteiger partial charge in [0.25, 0.3) is 0 Å². The first-order valence-electron chi connectivity index (χ1n) is 11.7. The first-order valence-corrected chi connectivity index (χ1v) is 11.7. The molecule has 0 aromatic carbocycles. The summed E-state index contributed by atoms with van der Waals surface area (Å²) < 4.78 is 16.0. The summed E-state index contributed by atoms with van der Waals surface area (Å²) >= 11 is 0. The van der Waals surface area contributed by atoms with Crippen LogP contribution in [0.5, 0.6) is 0 Å². The molecule has 32 heavy (non-hydrogen) atoms. The zero-order valence-corrected chi connectivity index (χ0v) is 20.3. The Bertz CT molecular complexity index is 746. The first-order chi connectivity index (χ1) is 15.1. The normalized spacial score (nSPS) is 16.1. The Hall–Kier alpha value is -1.90. The molecule has 2 N–H and O–H groups in total. The summed E-state index contributed by atoms with van der Waals surface area (Å²) in [5.41, 5.74) is 1.38. The van der Waals surface area contributed by atoms with Crippen molar-refractivity contribution in [3.8, 4) is 0 Å². The number of aliphatic hydroxyl groups excluding tert-OH is 1. The molecule has 1 fully saturated rings. The summed E-state index contributed by atoms with van der Waals surface area (Å²) in [6.07, 6.45) is 3.69. The number of aryl methyl sites for hydroxylation is 1. The van der Waals surface area contributed by atoms with Crippen molar-refractivity contribution in [1.82, 2.24) is 9.88 Å². The number of morpholine rings is 1. The predicted octanol–water partition coefficient (Wildman–Crippen LogP) is 3.25. The molecule has 1 atom stereocenters. The van der Waals surface area contributed by atoms with Crippen LogP contribution < -0.4 is 0 Å². The summed E-state index contributed by atoms with van der Waals surface area (Å²) in [4.78, 5) is 30.5. The molecule has 1 aliphatic rings.